The molecule has 3 atom stereocenters. The molecule has 3 rings (SSSR count). The van der Waals surface area contributed by atoms with E-state index in [4.69, 9.17) is 9.73 Å². The number of benzene rings is 1. The highest BCUT2D eigenvalue weighted by atomic mass is 16.5. The van der Waals surface area contributed by atoms with Crippen LogP contribution in [0.5, 0.6) is 0 Å². The van der Waals surface area contributed by atoms with Crippen molar-refractivity contribution in [3.05, 3.63) is 30.3 Å². The molecule has 2 aliphatic rings. The Bertz CT molecular complexity index is 666. The zero-order valence-electron chi connectivity index (χ0n) is 17.2. The maximum atomic E-state index is 12.4. The van der Waals surface area contributed by atoms with E-state index in [2.05, 4.69) is 36.3 Å². The average Bonchev–Trinajstić information content (AvgIpc) is 3.07. The summed E-state index contributed by atoms with van der Waals surface area (Å²) in [7, 11) is 0. The molecule has 2 aliphatic heterocycles. The summed E-state index contributed by atoms with van der Waals surface area (Å²) in [5, 5.41) is 6.76. The third-order valence-corrected chi connectivity index (χ3v) is 5.38. The number of carbonyl (C=O) groups is 1. The molecule has 3 unspecified atom stereocenters. The van der Waals surface area contributed by atoms with Crippen molar-refractivity contribution in [2.75, 3.05) is 44.3 Å². The van der Waals surface area contributed by atoms with Crippen molar-refractivity contribution in [3.8, 4) is 0 Å². The van der Waals surface area contributed by atoms with Crippen LogP contribution in [0.4, 0.5) is 5.69 Å². The summed E-state index contributed by atoms with van der Waals surface area (Å²) in [6.45, 7) is 11.1. The summed E-state index contributed by atoms with van der Waals surface area (Å²) < 4.78 is 5.53. The topological polar surface area (TPSA) is 69.2 Å². The third-order valence-electron chi connectivity index (χ3n) is 5.38. The van der Waals surface area contributed by atoms with Gasteiger partial charge >= 0.3 is 0 Å². The number of guanidine groups is 1. The summed E-state index contributed by atoms with van der Waals surface area (Å²) in [5.74, 6) is 0.929. The predicted molar refractivity (Wildman–Crippen MR) is 113 cm³/mol. The molecule has 154 valence electrons. The van der Waals surface area contributed by atoms with Crippen LogP contribution in [0.25, 0.3) is 0 Å². The largest absolute Gasteiger partial charge is 0.379 e. The lowest BCUT2D eigenvalue weighted by molar-refractivity contribution is -0.117. The van der Waals surface area contributed by atoms with Crippen LogP contribution >= 0.6 is 0 Å². The van der Waals surface area contributed by atoms with Gasteiger partial charge in [0, 0.05) is 43.8 Å². The minimum absolute atomic E-state index is 0.0584. The number of carbonyl (C=O) groups excluding carboxylic acids is 1. The van der Waals surface area contributed by atoms with Gasteiger partial charge in [0.05, 0.1) is 25.8 Å². The number of nitrogens with zero attached hydrogens (tertiary/aromatic N) is 3. The molecule has 7 nitrogen and oxygen atoms in total. The Morgan fingerprint density at radius 2 is 2.14 bits per heavy atom. The van der Waals surface area contributed by atoms with Gasteiger partial charge in [-0.1, -0.05) is 18.2 Å². The van der Waals surface area contributed by atoms with Gasteiger partial charge in [0.2, 0.25) is 5.91 Å². The van der Waals surface area contributed by atoms with Gasteiger partial charge in [0.15, 0.2) is 5.96 Å². The third kappa shape index (κ3) is 5.23. The Kier molecular flexibility index (Phi) is 7.28. The van der Waals surface area contributed by atoms with E-state index in [1.807, 2.05) is 35.2 Å². The number of hydrogen-bond acceptors (Lipinski definition) is 4. The van der Waals surface area contributed by atoms with Crippen LogP contribution in [0, 0.1) is 0 Å². The van der Waals surface area contributed by atoms with E-state index in [0.29, 0.717) is 31.6 Å². The molecule has 7 heteroatoms. The van der Waals surface area contributed by atoms with E-state index in [1.54, 1.807) is 0 Å². The Balaban J connectivity index is 1.58. The number of ether oxygens (including phenoxy) is 1. The maximum absolute atomic E-state index is 12.4. The monoisotopic (exact) mass is 387 g/mol. The molecular formula is C21H33N5O2. The Morgan fingerprint density at radius 1 is 1.36 bits per heavy atom. The molecule has 0 radical (unpaired) electrons. The van der Waals surface area contributed by atoms with Gasteiger partial charge in [-0.3, -0.25) is 14.7 Å². The SMILES string of the molecule is CCNC(=NCC(C)N1CCOCC1C)NC1CC(=O)N(c2ccccc2)C1. The smallest absolute Gasteiger partial charge is 0.229 e. The number of para-hydroxylation sites is 1. The van der Waals surface area contributed by atoms with Gasteiger partial charge in [-0.2, -0.15) is 0 Å². The second-order valence-corrected chi connectivity index (χ2v) is 7.62. The molecule has 0 bridgehead atoms. The summed E-state index contributed by atoms with van der Waals surface area (Å²) in [5.41, 5.74) is 0.952. The van der Waals surface area contributed by atoms with E-state index in [9.17, 15) is 4.79 Å². The zero-order chi connectivity index (χ0) is 19.9. The normalized spacial score (nSPS) is 25.0. The summed E-state index contributed by atoms with van der Waals surface area (Å²) in [4.78, 5) is 21.5. The fraction of sp³-hybridized carbons (Fsp3) is 0.619. The molecular weight excluding hydrogens is 354 g/mol. The van der Waals surface area contributed by atoms with E-state index in [0.717, 1.165) is 38.0 Å². The number of nitrogens with one attached hydrogen (secondary N) is 2. The molecule has 28 heavy (non-hydrogen) atoms. The first-order chi connectivity index (χ1) is 13.6. The van der Waals surface area contributed by atoms with Crippen LogP contribution in [0.2, 0.25) is 0 Å². The van der Waals surface area contributed by atoms with Crippen molar-refractivity contribution in [2.45, 2.75) is 45.3 Å². The van der Waals surface area contributed by atoms with Crippen LogP contribution in [0.1, 0.15) is 27.2 Å². The lowest BCUT2D eigenvalue weighted by Crippen LogP contribution is -2.50. The zero-order valence-corrected chi connectivity index (χ0v) is 17.2. The van der Waals surface area contributed by atoms with Gasteiger partial charge in [-0.05, 0) is 32.9 Å². The number of hydrogen-bond donors (Lipinski definition) is 2. The van der Waals surface area contributed by atoms with E-state index >= 15 is 0 Å². The molecule has 2 fully saturated rings. The first-order valence-electron chi connectivity index (χ1n) is 10.3. The van der Waals surface area contributed by atoms with Crippen molar-refractivity contribution in [1.82, 2.24) is 15.5 Å². The highest BCUT2D eigenvalue weighted by Crippen LogP contribution is 2.21. The minimum Gasteiger partial charge on any atom is -0.379 e. The van der Waals surface area contributed by atoms with Crippen molar-refractivity contribution in [1.29, 1.82) is 0 Å². The number of morpholine rings is 1. The van der Waals surface area contributed by atoms with Crippen LogP contribution in [-0.4, -0.2) is 74.3 Å². The van der Waals surface area contributed by atoms with Gasteiger partial charge in [0.1, 0.15) is 0 Å². The lowest BCUT2D eigenvalue weighted by atomic mass is 10.2. The fourth-order valence-electron chi connectivity index (χ4n) is 3.90. The number of aliphatic imine (C=N–C) groups is 1. The molecule has 1 aromatic carbocycles. The Labute approximate surface area is 168 Å². The quantitative estimate of drug-likeness (QED) is 0.571. The predicted octanol–water partition coefficient (Wildman–Crippen LogP) is 1.46. The van der Waals surface area contributed by atoms with Crippen molar-refractivity contribution >= 4 is 17.6 Å². The first kappa shape index (κ1) is 20.6. The van der Waals surface area contributed by atoms with Crippen LogP contribution in [0.3, 0.4) is 0 Å². The minimum atomic E-state index is 0.0584. The van der Waals surface area contributed by atoms with E-state index in [-0.39, 0.29) is 11.9 Å². The van der Waals surface area contributed by atoms with E-state index < -0.39 is 0 Å². The van der Waals surface area contributed by atoms with Crippen LogP contribution in [0.15, 0.2) is 35.3 Å². The van der Waals surface area contributed by atoms with Gasteiger partial charge in [-0.25, -0.2) is 0 Å². The average molecular weight is 388 g/mol. The van der Waals surface area contributed by atoms with Gasteiger partial charge < -0.3 is 20.3 Å². The number of rotatable bonds is 6. The molecule has 0 aromatic heterocycles. The fourth-order valence-corrected chi connectivity index (χ4v) is 3.90. The van der Waals surface area contributed by atoms with Crippen molar-refractivity contribution < 1.29 is 9.53 Å². The summed E-state index contributed by atoms with van der Waals surface area (Å²) in [6.07, 6.45) is 0.482. The molecule has 0 spiro atoms. The lowest BCUT2D eigenvalue weighted by Gasteiger charge is -2.37. The van der Waals surface area contributed by atoms with Crippen LogP contribution in [-0.2, 0) is 9.53 Å². The molecule has 0 saturated carbocycles. The van der Waals surface area contributed by atoms with E-state index in [1.165, 1.54) is 0 Å². The number of anilines is 1. The molecule has 2 N–H and O–H groups in total. The summed E-state index contributed by atoms with van der Waals surface area (Å²) >= 11 is 0. The van der Waals surface area contributed by atoms with Crippen LogP contribution < -0.4 is 15.5 Å². The van der Waals surface area contributed by atoms with Crippen molar-refractivity contribution in [3.63, 3.8) is 0 Å². The Morgan fingerprint density at radius 3 is 2.86 bits per heavy atom. The maximum Gasteiger partial charge on any atom is 0.229 e. The second-order valence-electron chi connectivity index (χ2n) is 7.62. The standard InChI is InChI=1S/C21H33N5O2/c1-4-22-21(23-13-16(2)25-10-11-28-15-17(25)3)24-18-12-20(27)26(14-18)19-8-6-5-7-9-19/h5-9,16-18H,4,10-15H2,1-3H3,(H2,22,23,24). The summed E-state index contributed by atoms with van der Waals surface area (Å²) in [6, 6.07) is 10.7. The number of amides is 1. The first-order valence-corrected chi connectivity index (χ1v) is 10.3. The molecule has 2 saturated heterocycles. The van der Waals surface area contributed by atoms with Gasteiger partial charge in [-0.15, -0.1) is 0 Å². The second kappa shape index (κ2) is 9.89. The highest BCUT2D eigenvalue weighted by molar-refractivity contribution is 5.97. The molecule has 1 aromatic rings. The van der Waals surface area contributed by atoms with Crippen molar-refractivity contribution in [2.24, 2.45) is 4.99 Å². The molecule has 0 aliphatic carbocycles. The highest BCUT2D eigenvalue weighted by Gasteiger charge is 2.31. The Hall–Kier alpha value is -2.12. The molecule has 1 amide bonds. The molecule has 2 heterocycles. The van der Waals surface area contributed by atoms with Gasteiger partial charge in [0.25, 0.3) is 0 Å².